The van der Waals surface area contributed by atoms with Gasteiger partial charge in [-0.2, -0.15) is 0 Å². The Bertz CT molecular complexity index is 513. The van der Waals surface area contributed by atoms with Gasteiger partial charge in [-0.3, -0.25) is 9.89 Å². The number of benzene rings is 1. The maximum Gasteiger partial charge on any atom is 0.188 e. The Labute approximate surface area is 168 Å². The summed E-state index contributed by atoms with van der Waals surface area (Å²) in [6, 6.07) is 8.11. The molecule has 1 aliphatic heterocycles. The molecule has 1 saturated heterocycles. The van der Waals surface area contributed by atoms with E-state index in [1.54, 1.807) is 0 Å². The SMILES string of the molecule is CC(C)CN=C(N)NCC1CCN(Cc2ccccc2Cl)CC1.I. The van der Waals surface area contributed by atoms with E-state index in [9.17, 15) is 0 Å². The topological polar surface area (TPSA) is 53.6 Å². The zero-order valence-corrected chi connectivity index (χ0v) is 17.8. The Hall–Kier alpha value is -0.530. The molecule has 136 valence electrons. The summed E-state index contributed by atoms with van der Waals surface area (Å²) in [6.07, 6.45) is 2.38. The van der Waals surface area contributed by atoms with Crippen LogP contribution >= 0.6 is 35.6 Å². The molecule has 0 aromatic heterocycles. The second-order valence-corrected chi connectivity index (χ2v) is 7.22. The maximum absolute atomic E-state index is 6.24. The minimum absolute atomic E-state index is 0. The van der Waals surface area contributed by atoms with Crippen LogP contribution in [0.4, 0.5) is 0 Å². The number of aliphatic imine (C=N–C) groups is 1. The first-order chi connectivity index (χ1) is 11.0. The molecule has 0 unspecified atom stereocenters. The molecule has 0 bridgehead atoms. The largest absolute Gasteiger partial charge is 0.370 e. The van der Waals surface area contributed by atoms with E-state index in [2.05, 4.69) is 41.2 Å². The molecule has 0 aliphatic carbocycles. The summed E-state index contributed by atoms with van der Waals surface area (Å²) in [5, 5.41) is 4.14. The zero-order chi connectivity index (χ0) is 16.7. The fourth-order valence-electron chi connectivity index (χ4n) is 2.80. The quantitative estimate of drug-likeness (QED) is 0.383. The van der Waals surface area contributed by atoms with E-state index in [-0.39, 0.29) is 24.0 Å². The third-order valence-corrected chi connectivity index (χ3v) is 4.63. The van der Waals surface area contributed by atoms with Crippen LogP contribution in [0.15, 0.2) is 29.3 Å². The second-order valence-electron chi connectivity index (χ2n) is 6.81. The van der Waals surface area contributed by atoms with Gasteiger partial charge in [-0.05, 0) is 49.4 Å². The van der Waals surface area contributed by atoms with Crippen molar-refractivity contribution in [3.05, 3.63) is 34.9 Å². The summed E-state index contributed by atoms with van der Waals surface area (Å²) >= 11 is 6.24. The molecule has 4 nitrogen and oxygen atoms in total. The highest BCUT2D eigenvalue weighted by Crippen LogP contribution is 2.21. The Kier molecular flexibility index (Phi) is 10.0. The molecule has 6 heteroatoms. The van der Waals surface area contributed by atoms with Crippen LogP contribution in [0.25, 0.3) is 0 Å². The van der Waals surface area contributed by atoms with Gasteiger partial charge in [-0.25, -0.2) is 0 Å². The minimum Gasteiger partial charge on any atom is -0.370 e. The van der Waals surface area contributed by atoms with Gasteiger partial charge in [-0.15, -0.1) is 24.0 Å². The standard InChI is InChI=1S/C18H29ClN4.HI/c1-14(2)11-21-18(20)22-12-15-7-9-23(10-8-15)13-16-5-3-4-6-17(16)19;/h3-6,14-15H,7-13H2,1-2H3,(H3,20,21,22);1H. The van der Waals surface area contributed by atoms with Crippen molar-refractivity contribution in [1.29, 1.82) is 0 Å². The Morgan fingerprint density at radius 2 is 2.00 bits per heavy atom. The molecule has 24 heavy (non-hydrogen) atoms. The summed E-state index contributed by atoms with van der Waals surface area (Å²) in [6.45, 7) is 9.17. The molecular formula is C18H30ClIN4. The van der Waals surface area contributed by atoms with Gasteiger partial charge in [0.15, 0.2) is 5.96 Å². The van der Waals surface area contributed by atoms with Crippen LogP contribution in [0.3, 0.4) is 0 Å². The van der Waals surface area contributed by atoms with Gasteiger partial charge < -0.3 is 11.1 Å². The first-order valence-electron chi connectivity index (χ1n) is 8.54. The highest BCUT2D eigenvalue weighted by atomic mass is 127. The van der Waals surface area contributed by atoms with Crippen molar-refractivity contribution in [3.8, 4) is 0 Å². The smallest absolute Gasteiger partial charge is 0.188 e. The second kappa shape index (κ2) is 11.2. The van der Waals surface area contributed by atoms with Gasteiger partial charge >= 0.3 is 0 Å². The molecule has 0 atom stereocenters. The average molecular weight is 465 g/mol. The van der Waals surface area contributed by atoms with E-state index in [1.165, 1.54) is 18.4 Å². The van der Waals surface area contributed by atoms with Crippen molar-refractivity contribution >= 4 is 41.5 Å². The molecule has 1 aliphatic rings. The number of halogens is 2. The van der Waals surface area contributed by atoms with Crippen LogP contribution in [-0.2, 0) is 6.54 Å². The highest BCUT2D eigenvalue weighted by molar-refractivity contribution is 14.0. The van der Waals surface area contributed by atoms with E-state index in [0.717, 1.165) is 37.7 Å². The van der Waals surface area contributed by atoms with Crippen molar-refractivity contribution in [2.75, 3.05) is 26.2 Å². The molecule has 1 aromatic rings. The number of hydrogen-bond acceptors (Lipinski definition) is 2. The molecule has 0 amide bonds. The van der Waals surface area contributed by atoms with E-state index >= 15 is 0 Å². The van der Waals surface area contributed by atoms with Gasteiger partial charge in [0.2, 0.25) is 0 Å². The van der Waals surface area contributed by atoms with Gasteiger partial charge in [0.05, 0.1) is 0 Å². The van der Waals surface area contributed by atoms with Gasteiger partial charge in [0.1, 0.15) is 0 Å². The lowest BCUT2D eigenvalue weighted by atomic mass is 9.96. The van der Waals surface area contributed by atoms with Crippen molar-refractivity contribution in [2.24, 2.45) is 22.6 Å². The molecule has 0 spiro atoms. The number of nitrogens with one attached hydrogen (secondary N) is 1. The number of nitrogens with zero attached hydrogens (tertiary/aromatic N) is 2. The Morgan fingerprint density at radius 1 is 1.33 bits per heavy atom. The molecular weight excluding hydrogens is 435 g/mol. The van der Waals surface area contributed by atoms with Crippen LogP contribution < -0.4 is 11.1 Å². The predicted octanol–water partition coefficient (Wildman–Crippen LogP) is 3.73. The van der Waals surface area contributed by atoms with Gasteiger partial charge in [0, 0.05) is 24.7 Å². The lowest BCUT2D eigenvalue weighted by Crippen LogP contribution is -2.40. The lowest BCUT2D eigenvalue weighted by Gasteiger charge is -2.32. The highest BCUT2D eigenvalue weighted by Gasteiger charge is 2.19. The van der Waals surface area contributed by atoms with E-state index < -0.39 is 0 Å². The van der Waals surface area contributed by atoms with E-state index in [0.29, 0.717) is 17.8 Å². The normalized spacial score (nSPS) is 16.9. The molecule has 0 saturated carbocycles. The van der Waals surface area contributed by atoms with Crippen molar-refractivity contribution in [3.63, 3.8) is 0 Å². The Morgan fingerprint density at radius 3 is 2.62 bits per heavy atom. The fraction of sp³-hybridized carbons (Fsp3) is 0.611. The summed E-state index contributed by atoms with van der Waals surface area (Å²) in [4.78, 5) is 6.83. The summed E-state index contributed by atoms with van der Waals surface area (Å²) in [7, 11) is 0. The zero-order valence-electron chi connectivity index (χ0n) is 14.7. The van der Waals surface area contributed by atoms with Gasteiger partial charge in [-0.1, -0.05) is 43.6 Å². The van der Waals surface area contributed by atoms with Crippen LogP contribution in [0, 0.1) is 11.8 Å². The van der Waals surface area contributed by atoms with Crippen molar-refractivity contribution in [1.82, 2.24) is 10.2 Å². The lowest BCUT2D eigenvalue weighted by molar-refractivity contribution is 0.178. The van der Waals surface area contributed by atoms with Crippen LogP contribution in [0.2, 0.25) is 5.02 Å². The number of nitrogens with two attached hydrogens (primary N) is 1. The predicted molar refractivity (Wildman–Crippen MR) is 114 cm³/mol. The molecule has 3 N–H and O–H groups in total. The third kappa shape index (κ3) is 7.57. The molecule has 1 aromatic carbocycles. The number of rotatable bonds is 6. The van der Waals surface area contributed by atoms with Crippen LogP contribution in [0.5, 0.6) is 0 Å². The first kappa shape index (κ1) is 21.5. The van der Waals surface area contributed by atoms with Gasteiger partial charge in [0.25, 0.3) is 0 Å². The van der Waals surface area contributed by atoms with Crippen LogP contribution in [-0.4, -0.2) is 37.0 Å². The molecule has 1 heterocycles. The first-order valence-corrected chi connectivity index (χ1v) is 8.92. The van der Waals surface area contributed by atoms with E-state index in [4.69, 9.17) is 17.3 Å². The molecule has 0 radical (unpaired) electrons. The minimum atomic E-state index is 0. The third-order valence-electron chi connectivity index (χ3n) is 4.26. The maximum atomic E-state index is 6.24. The number of likely N-dealkylation sites (tertiary alicyclic amines) is 1. The van der Waals surface area contributed by atoms with Crippen LogP contribution in [0.1, 0.15) is 32.3 Å². The monoisotopic (exact) mass is 464 g/mol. The average Bonchev–Trinajstić information content (AvgIpc) is 2.54. The Balaban J connectivity index is 0.00000288. The number of hydrogen-bond donors (Lipinski definition) is 2. The molecule has 1 fully saturated rings. The molecule has 2 rings (SSSR count). The summed E-state index contributed by atoms with van der Waals surface area (Å²) < 4.78 is 0. The number of guanidine groups is 1. The number of piperidine rings is 1. The summed E-state index contributed by atoms with van der Waals surface area (Å²) in [5.74, 6) is 1.80. The summed E-state index contributed by atoms with van der Waals surface area (Å²) in [5.41, 5.74) is 7.12. The van der Waals surface area contributed by atoms with E-state index in [1.807, 2.05) is 12.1 Å². The van der Waals surface area contributed by atoms with Crippen molar-refractivity contribution in [2.45, 2.75) is 33.2 Å². The van der Waals surface area contributed by atoms with Crippen molar-refractivity contribution < 1.29 is 0 Å². The fourth-order valence-corrected chi connectivity index (χ4v) is 3.00.